The van der Waals surface area contributed by atoms with Gasteiger partial charge in [0.25, 0.3) is 5.82 Å². The SMILES string of the molecule is [2H]C([2H])([2H])c1ccc(-n2c(C)c(C)n3ccnc23)[n+](C)c1. The second kappa shape index (κ2) is 3.70. The lowest BCUT2D eigenvalue weighted by Crippen LogP contribution is -2.34. The molecule has 3 aromatic rings. The van der Waals surface area contributed by atoms with Crippen molar-refractivity contribution in [1.29, 1.82) is 0 Å². The molecule has 3 heterocycles. The molecule has 0 saturated carbocycles. The van der Waals surface area contributed by atoms with Crippen LogP contribution in [0.4, 0.5) is 0 Å². The third kappa shape index (κ3) is 1.38. The Balaban J connectivity index is 2.24. The van der Waals surface area contributed by atoms with Crippen molar-refractivity contribution in [3.8, 4) is 5.82 Å². The van der Waals surface area contributed by atoms with E-state index in [0.29, 0.717) is 5.56 Å². The number of hydrogen-bond donors (Lipinski definition) is 0. The molecule has 4 heteroatoms. The number of fused-ring (bicyclic) bond motifs is 1. The van der Waals surface area contributed by atoms with Crippen LogP contribution in [-0.2, 0) is 7.05 Å². The van der Waals surface area contributed by atoms with E-state index in [1.807, 2.05) is 46.7 Å². The first kappa shape index (κ1) is 8.08. The number of aryl methyl sites for hydroxylation is 3. The van der Waals surface area contributed by atoms with Crippen molar-refractivity contribution in [3.63, 3.8) is 0 Å². The molecule has 0 aromatic carbocycles. The molecule has 0 spiro atoms. The van der Waals surface area contributed by atoms with Gasteiger partial charge in [0.2, 0.25) is 0 Å². The summed E-state index contributed by atoms with van der Waals surface area (Å²) < 4.78 is 28.4. The van der Waals surface area contributed by atoms with E-state index in [2.05, 4.69) is 4.98 Å². The van der Waals surface area contributed by atoms with Crippen molar-refractivity contribution in [2.45, 2.75) is 20.7 Å². The molecular formula is C14H17N4+. The van der Waals surface area contributed by atoms with Crippen LogP contribution in [0.3, 0.4) is 0 Å². The Morgan fingerprint density at radius 1 is 1.28 bits per heavy atom. The molecule has 0 atom stereocenters. The lowest BCUT2D eigenvalue weighted by molar-refractivity contribution is -0.666. The van der Waals surface area contributed by atoms with Gasteiger partial charge in [-0.25, -0.2) is 4.57 Å². The van der Waals surface area contributed by atoms with Gasteiger partial charge in [-0.2, -0.15) is 9.55 Å². The third-order valence-corrected chi connectivity index (χ3v) is 3.38. The molecule has 0 amide bonds. The lowest BCUT2D eigenvalue weighted by Gasteiger charge is -2.03. The van der Waals surface area contributed by atoms with Crippen LogP contribution in [0.25, 0.3) is 11.6 Å². The molecule has 0 aliphatic carbocycles. The minimum absolute atomic E-state index is 0.328. The van der Waals surface area contributed by atoms with Gasteiger partial charge in [-0.3, -0.25) is 4.40 Å². The van der Waals surface area contributed by atoms with Crippen LogP contribution in [0.5, 0.6) is 0 Å². The average molecular weight is 244 g/mol. The molecular weight excluding hydrogens is 224 g/mol. The van der Waals surface area contributed by atoms with E-state index in [9.17, 15) is 0 Å². The Bertz CT molecular complexity index is 827. The zero-order valence-corrected chi connectivity index (χ0v) is 10.7. The largest absolute Gasteiger partial charge is 0.311 e. The quantitative estimate of drug-likeness (QED) is 0.600. The standard InChI is InChI=1S/C14H17N4/c1-10-5-6-13(16(4)9-10)18-12(3)11(2)17-8-7-15-14(17)18/h5-9H,1-4H3/q+1/i1D3. The Morgan fingerprint density at radius 2 is 2.11 bits per heavy atom. The predicted molar refractivity (Wildman–Crippen MR) is 69.9 cm³/mol. The number of aromatic nitrogens is 4. The molecule has 0 unspecified atom stereocenters. The highest BCUT2D eigenvalue weighted by molar-refractivity contribution is 5.45. The molecule has 18 heavy (non-hydrogen) atoms. The van der Waals surface area contributed by atoms with Crippen molar-refractivity contribution in [2.24, 2.45) is 7.05 Å². The summed E-state index contributed by atoms with van der Waals surface area (Å²) in [6, 6.07) is 3.47. The van der Waals surface area contributed by atoms with E-state index in [1.54, 1.807) is 18.5 Å². The van der Waals surface area contributed by atoms with Gasteiger partial charge in [-0.1, -0.05) is 0 Å². The molecule has 4 nitrogen and oxygen atoms in total. The summed E-state index contributed by atoms with van der Waals surface area (Å²) in [5.41, 5.74) is 2.52. The number of rotatable bonds is 1. The highest BCUT2D eigenvalue weighted by atomic mass is 15.3. The fourth-order valence-electron chi connectivity index (χ4n) is 2.32. The van der Waals surface area contributed by atoms with E-state index >= 15 is 0 Å². The number of nitrogens with zero attached hydrogens (tertiary/aromatic N) is 4. The molecule has 0 N–H and O–H groups in total. The number of hydrogen-bond acceptors (Lipinski definition) is 1. The summed E-state index contributed by atoms with van der Waals surface area (Å²) in [7, 11) is 1.85. The number of imidazole rings is 2. The molecule has 0 aliphatic rings. The van der Waals surface area contributed by atoms with Crippen molar-refractivity contribution in [1.82, 2.24) is 14.0 Å². The normalized spacial score (nSPS) is 14.5. The van der Waals surface area contributed by atoms with Crippen LogP contribution in [-0.4, -0.2) is 14.0 Å². The maximum Gasteiger partial charge on any atom is 0.311 e. The Hall–Kier alpha value is -2.10. The van der Waals surface area contributed by atoms with Crippen LogP contribution in [0.1, 0.15) is 21.1 Å². The molecule has 0 fully saturated rings. The molecule has 3 aromatic heterocycles. The van der Waals surface area contributed by atoms with Crippen LogP contribution in [0, 0.1) is 20.7 Å². The van der Waals surface area contributed by atoms with Gasteiger partial charge in [0.05, 0.1) is 18.9 Å². The van der Waals surface area contributed by atoms with Gasteiger partial charge in [-0.15, -0.1) is 0 Å². The van der Waals surface area contributed by atoms with Crippen molar-refractivity contribution < 1.29 is 8.68 Å². The molecule has 0 saturated heterocycles. The third-order valence-electron chi connectivity index (χ3n) is 3.38. The Labute approximate surface area is 110 Å². The zero-order chi connectivity index (χ0) is 15.4. The van der Waals surface area contributed by atoms with E-state index in [4.69, 9.17) is 4.11 Å². The van der Waals surface area contributed by atoms with Crippen molar-refractivity contribution >= 4 is 5.78 Å². The topological polar surface area (TPSA) is 26.1 Å². The van der Waals surface area contributed by atoms with Gasteiger partial charge in [0.15, 0.2) is 0 Å². The van der Waals surface area contributed by atoms with Gasteiger partial charge in [0.1, 0.15) is 5.69 Å². The van der Waals surface area contributed by atoms with E-state index in [0.717, 1.165) is 23.0 Å². The fraction of sp³-hybridized carbons (Fsp3) is 0.286. The summed E-state index contributed by atoms with van der Waals surface area (Å²) in [5.74, 6) is 1.70. The second-order valence-corrected chi connectivity index (χ2v) is 4.49. The highest BCUT2D eigenvalue weighted by Crippen LogP contribution is 2.18. The maximum absolute atomic E-state index is 7.49. The average Bonchev–Trinajstić information content (AvgIpc) is 2.94. The summed E-state index contributed by atoms with van der Waals surface area (Å²) >= 11 is 0. The van der Waals surface area contributed by atoms with Gasteiger partial charge in [0, 0.05) is 22.6 Å². The van der Waals surface area contributed by atoms with Crippen molar-refractivity contribution in [3.05, 3.63) is 47.7 Å². The van der Waals surface area contributed by atoms with E-state index < -0.39 is 6.85 Å². The Kier molecular flexibility index (Phi) is 1.66. The maximum atomic E-state index is 7.49. The van der Waals surface area contributed by atoms with Crippen molar-refractivity contribution in [2.75, 3.05) is 0 Å². The van der Waals surface area contributed by atoms with Crippen LogP contribution in [0.2, 0.25) is 0 Å². The summed E-state index contributed by atoms with van der Waals surface area (Å²) in [6.07, 6.45) is 5.33. The first-order valence-electron chi connectivity index (χ1n) is 7.32. The second-order valence-electron chi connectivity index (χ2n) is 4.49. The monoisotopic (exact) mass is 244 g/mol. The molecule has 3 rings (SSSR count). The molecule has 0 bridgehead atoms. The zero-order valence-electron chi connectivity index (χ0n) is 13.7. The summed E-state index contributed by atoms with van der Waals surface area (Å²) in [6.45, 7) is 1.97. The van der Waals surface area contributed by atoms with Gasteiger partial charge in [-0.05, 0) is 32.3 Å². The number of pyridine rings is 1. The van der Waals surface area contributed by atoms with E-state index in [1.165, 1.54) is 0 Å². The van der Waals surface area contributed by atoms with Crippen LogP contribution < -0.4 is 4.57 Å². The van der Waals surface area contributed by atoms with Gasteiger partial charge < -0.3 is 0 Å². The molecule has 92 valence electrons. The first-order valence-corrected chi connectivity index (χ1v) is 5.82. The lowest BCUT2D eigenvalue weighted by atomic mass is 10.3. The Morgan fingerprint density at radius 3 is 2.83 bits per heavy atom. The highest BCUT2D eigenvalue weighted by Gasteiger charge is 2.21. The van der Waals surface area contributed by atoms with Crippen LogP contribution >= 0.6 is 0 Å². The minimum atomic E-state index is -2.10. The fourth-order valence-corrected chi connectivity index (χ4v) is 2.32. The van der Waals surface area contributed by atoms with E-state index in [-0.39, 0.29) is 0 Å². The summed E-state index contributed by atoms with van der Waals surface area (Å²) in [5, 5.41) is 0. The first-order chi connectivity index (χ1) is 9.80. The predicted octanol–water partition coefficient (Wildman–Crippen LogP) is 1.87. The smallest absolute Gasteiger partial charge is 0.266 e. The van der Waals surface area contributed by atoms with Gasteiger partial charge >= 0.3 is 5.78 Å². The summed E-state index contributed by atoms with van der Waals surface area (Å²) in [4.78, 5) is 4.39. The molecule has 0 aliphatic heterocycles. The van der Waals surface area contributed by atoms with Crippen LogP contribution in [0.15, 0.2) is 30.7 Å². The molecule has 0 radical (unpaired) electrons. The minimum Gasteiger partial charge on any atom is -0.266 e.